The van der Waals surface area contributed by atoms with E-state index in [9.17, 15) is 0 Å². The zero-order chi connectivity index (χ0) is 11.7. The molecule has 0 aromatic heterocycles. The van der Waals surface area contributed by atoms with E-state index in [0.29, 0.717) is 19.3 Å². The Labute approximate surface area is 103 Å². The van der Waals surface area contributed by atoms with Crippen LogP contribution >= 0.6 is 0 Å². The largest absolute Gasteiger partial charge is 0.367 e. The number of fused-ring (bicyclic) bond motifs is 1. The van der Waals surface area contributed by atoms with Gasteiger partial charge in [0.15, 0.2) is 6.29 Å². The maximum atomic E-state index is 5.93. The molecule has 0 N–H and O–H groups in total. The van der Waals surface area contributed by atoms with Crippen LogP contribution in [-0.4, -0.2) is 43.9 Å². The standard InChI is InChI=1S/C13H22O4/c1-2-7-15-12-11(14-8-9-16-12)13-6-4-3-5-10(13)17-13/h10-12H,2-9H2,1H3. The Kier molecular flexibility index (Phi) is 3.39. The minimum atomic E-state index is -0.230. The van der Waals surface area contributed by atoms with Gasteiger partial charge in [-0.15, -0.1) is 0 Å². The summed E-state index contributed by atoms with van der Waals surface area (Å²) in [5, 5.41) is 0. The molecule has 3 aliphatic rings. The Balaban J connectivity index is 1.66. The van der Waals surface area contributed by atoms with Crippen molar-refractivity contribution in [3.05, 3.63) is 0 Å². The van der Waals surface area contributed by atoms with E-state index in [1.165, 1.54) is 19.3 Å². The van der Waals surface area contributed by atoms with Crippen LogP contribution in [0.2, 0.25) is 0 Å². The van der Waals surface area contributed by atoms with E-state index in [4.69, 9.17) is 18.9 Å². The van der Waals surface area contributed by atoms with E-state index < -0.39 is 0 Å². The second kappa shape index (κ2) is 4.84. The van der Waals surface area contributed by atoms with Gasteiger partial charge in [-0.05, 0) is 19.3 Å². The van der Waals surface area contributed by atoms with Crippen LogP contribution in [0.5, 0.6) is 0 Å². The van der Waals surface area contributed by atoms with Crippen molar-refractivity contribution in [2.24, 2.45) is 0 Å². The lowest BCUT2D eigenvalue weighted by Gasteiger charge is -2.36. The molecule has 0 spiro atoms. The van der Waals surface area contributed by atoms with E-state index in [2.05, 4.69) is 6.92 Å². The Morgan fingerprint density at radius 3 is 2.94 bits per heavy atom. The zero-order valence-corrected chi connectivity index (χ0v) is 10.5. The summed E-state index contributed by atoms with van der Waals surface area (Å²) in [7, 11) is 0. The monoisotopic (exact) mass is 242 g/mol. The van der Waals surface area contributed by atoms with Gasteiger partial charge in [-0.1, -0.05) is 19.8 Å². The van der Waals surface area contributed by atoms with Gasteiger partial charge in [-0.2, -0.15) is 0 Å². The summed E-state index contributed by atoms with van der Waals surface area (Å²) in [4.78, 5) is 0. The molecule has 98 valence electrons. The van der Waals surface area contributed by atoms with Crippen LogP contribution in [0.4, 0.5) is 0 Å². The number of hydrogen-bond donors (Lipinski definition) is 0. The lowest BCUT2D eigenvalue weighted by Crippen LogP contribution is -2.51. The summed E-state index contributed by atoms with van der Waals surface area (Å²) in [5.41, 5.74) is -0.0862. The van der Waals surface area contributed by atoms with Gasteiger partial charge in [0.25, 0.3) is 0 Å². The highest BCUT2D eigenvalue weighted by Gasteiger charge is 2.65. The highest BCUT2D eigenvalue weighted by molar-refractivity contribution is 5.11. The van der Waals surface area contributed by atoms with Crippen LogP contribution in [0.3, 0.4) is 0 Å². The third-order valence-electron chi connectivity index (χ3n) is 4.01. The van der Waals surface area contributed by atoms with Crippen molar-refractivity contribution in [2.45, 2.75) is 63.1 Å². The van der Waals surface area contributed by atoms with Crippen LogP contribution in [0.25, 0.3) is 0 Å². The third kappa shape index (κ3) is 2.12. The molecule has 2 aliphatic heterocycles. The van der Waals surface area contributed by atoms with Crippen molar-refractivity contribution in [1.82, 2.24) is 0 Å². The molecule has 0 aromatic carbocycles. The van der Waals surface area contributed by atoms with Gasteiger partial charge >= 0.3 is 0 Å². The molecule has 0 amide bonds. The molecule has 1 aliphatic carbocycles. The average Bonchev–Trinajstić information content (AvgIpc) is 3.12. The number of hydrogen-bond acceptors (Lipinski definition) is 4. The summed E-state index contributed by atoms with van der Waals surface area (Å²) in [5.74, 6) is 0. The quantitative estimate of drug-likeness (QED) is 0.706. The van der Waals surface area contributed by atoms with Gasteiger partial charge in [0.1, 0.15) is 11.7 Å². The van der Waals surface area contributed by atoms with Crippen LogP contribution in [0, 0.1) is 0 Å². The van der Waals surface area contributed by atoms with Crippen LogP contribution in [-0.2, 0) is 18.9 Å². The van der Waals surface area contributed by atoms with Gasteiger partial charge < -0.3 is 18.9 Å². The van der Waals surface area contributed by atoms with E-state index in [1.54, 1.807) is 0 Å². The molecule has 17 heavy (non-hydrogen) atoms. The first-order chi connectivity index (χ1) is 8.37. The molecule has 4 nitrogen and oxygen atoms in total. The van der Waals surface area contributed by atoms with E-state index >= 15 is 0 Å². The first-order valence-electron chi connectivity index (χ1n) is 6.89. The van der Waals surface area contributed by atoms with Crippen molar-refractivity contribution >= 4 is 0 Å². The molecule has 0 bridgehead atoms. The molecule has 2 heterocycles. The normalized spacial score (nSPS) is 45.4. The third-order valence-corrected chi connectivity index (χ3v) is 4.01. The molecule has 4 heteroatoms. The van der Waals surface area contributed by atoms with E-state index in [1.807, 2.05) is 0 Å². The maximum Gasteiger partial charge on any atom is 0.186 e. The highest BCUT2D eigenvalue weighted by atomic mass is 16.7. The van der Waals surface area contributed by atoms with Crippen molar-refractivity contribution in [3.8, 4) is 0 Å². The number of ether oxygens (including phenoxy) is 4. The highest BCUT2D eigenvalue weighted by Crippen LogP contribution is 2.52. The predicted octanol–water partition coefficient (Wildman–Crippen LogP) is 1.87. The topological polar surface area (TPSA) is 40.2 Å². The van der Waals surface area contributed by atoms with E-state index in [-0.39, 0.29) is 18.0 Å². The number of epoxide rings is 1. The maximum absolute atomic E-state index is 5.93. The molecule has 0 radical (unpaired) electrons. The molecule has 4 atom stereocenters. The van der Waals surface area contributed by atoms with E-state index in [0.717, 1.165) is 19.4 Å². The zero-order valence-electron chi connectivity index (χ0n) is 10.5. The Hall–Kier alpha value is -0.160. The van der Waals surface area contributed by atoms with Gasteiger partial charge in [0, 0.05) is 6.61 Å². The van der Waals surface area contributed by atoms with Gasteiger partial charge in [0.2, 0.25) is 0 Å². The second-order valence-electron chi connectivity index (χ2n) is 5.21. The van der Waals surface area contributed by atoms with Crippen LogP contribution in [0.1, 0.15) is 39.0 Å². The Morgan fingerprint density at radius 2 is 2.12 bits per heavy atom. The van der Waals surface area contributed by atoms with Crippen LogP contribution < -0.4 is 0 Å². The summed E-state index contributed by atoms with van der Waals surface area (Å²) in [6, 6.07) is 0. The summed E-state index contributed by atoms with van der Waals surface area (Å²) in [6.07, 6.45) is 5.91. The minimum Gasteiger partial charge on any atom is -0.367 e. The van der Waals surface area contributed by atoms with Crippen molar-refractivity contribution in [3.63, 3.8) is 0 Å². The first kappa shape index (κ1) is 11.9. The SMILES string of the molecule is CCCOC1OCCOC1C12CCCCC1O2. The minimum absolute atomic E-state index is 0.0203. The van der Waals surface area contributed by atoms with Gasteiger partial charge in [-0.25, -0.2) is 0 Å². The fraction of sp³-hybridized carbons (Fsp3) is 1.00. The fourth-order valence-electron chi connectivity index (χ4n) is 3.12. The van der Waals surface area contributed by atoms with Crippen molar-refractivity contribution in [1.29, 1.82) is 0 Å². The average molecular weight is 242 g/mol. The van der Waals surface area contributed by atoms with Crippen molar-refractivity contribution in [2.75, 3.05) is 19.8 Å². The molecule has 0 aromatic rings. The lowest BCUT2D eigenvalue weighted by atomic mass is 9.84. The first-order valence-corrected chi connectivity index (χ1v) is 6.89. The number of rotatable bonds is 4. The van der Waals surface area contributed by atoms with Crippen LogP contribution in [0.15, 0.2) is 0 Å². The molecule has 2 saturated heterocycles. The molecular formula is C13H22O4. The lowest BCUT2D eigenvalue weighted by molar-refractivity contribution is -0.263. The second-order valence-corrected chi connectivity index (χ2v) is 5.21. The van der Waals surface area contributed by atoms with Gasteiger partial charge in [-0.3, -0.25) is 0 Å². The molecule has 4 unspecified atom stereocenters. The summed E-state index contributed by atoms with van der Waals surface area (Å²) < 4.78 is 23.3. The summed E-state index contributed by atoms with van der Waals surface area (Å²) >= 11 is 0. The smallest absolute Gasteiger partial charge is 0.186 e. The van der Waals surface area contributed by atoms with Crippen molar-refractivity contribution < 1.29 is 18.9 Å². The Bertz CT molecular complexity index is 270. The molecule has 1 saturated carbocycles. The summed E-state index contributed by atoms with van der Waals surface area (Å²) in [6.45, 7) is 4.12. The fourth-order valence-corrected chi connectivity index (χ4v) is 3.12. The molecule has 3 fully saturated rings. The predicted molar refractivity (Wildman–Crippen MR) is 61.8 cm³/mol. The van der Waals surface area contributed by atoms with Gasteiger partial charge in [0.05, 0.1) is 19.3 Å². The Morgan fingerprint density at radius 1 is 1.24 bits per heavy atom. The molecular weight excluding hydrogens is 220 g/mol. The molecule has 3 rings (SSSR count).